The number of allylic oxidation sites excluding steroid dienone is 12. The van der Waals surface area contributed by atoms with Gasteiger partial charge in [0.05, 0.1) is 13.2 Å². The summed E-state index contributed by atoms with van der Waals surface area (Å²) in [6.07, 6.45) is 84.1. The molecule has 0 aliphatic rings. The Morgan fingerprint density at radius 3 is 1.05 bits per heavy atom. The molecule has 0 saturated heterocycles. The number of nitrogens with two attached hydrogens (primary N) is 1. The molecule has 9 nitrogen and oxygen atoms in total. The van der Waals surface area contributed by atoms with Gasteiger partial charge in [0.25, 0.3) is 0 Å². The van der Waals surface area contributed by atoms with Crippen LogP contribution in [0.2, 0.25) is 0 Å². The van der Waals surface area contributed by atoms with Crippen molar-refractivity contribution in [3.63, 3.8) is 0 Å². The molecule has 0 aliphatic carbocycles. The van der Waals surface area contributed by atoms with E-state index in [9.17, 15) is 19.0 Å². The van der Waals surface area contributed by atoms with E-state index in [0.717, 1.165) is 70.6 Å². The van der Waals surface area contributed by atoms with Crippen LogP contribution in [0, 0.1) is 0 Å². The third-order valence-corrected chi connectivity index (χ3v) is 15.6. The fourth-order valence-electron chi connectivity index (χ4n) is 9.66. The summed E-state index contributed by atoms with van der Waals surface area (Å²) in [5.41, 5.74) is 5.40. The molecule has 0 aromatic rings. The molecule has 79 heavy (non-hydrogen) atoms. The first kappa shape index (κ1) is 76.5. The zero-order valence-corrected chi connectivity index (χ0v) is 52.5. The van der Waals surface area contributed by atoms with Gasteiger partial charge < -0.3 is 20.1 Å². The number of phosphoric acid groups is 1. The summed E-state index contributed by atoms with van der Waals surface area (Å²) in [5, 5.41) is 0. The van der Waals surface area contributed by atoms with Crippen LogP contribution in [-0.4, -0.2) is 49.3 Å². The normalized spacial score (nSPS) is 13.4. The van der Waals surface area contributed by atoms with Crippen LogP contribution in [0.1, 0.15) is 322 Å². The van der Waals surface area contributed by atoms with E-state index in [0.29, 0.717) is 6.42 Å². The molecule has 0 rings (SSSR count). The smallest absolute Gasteiger partial charge is 0.462 e. The second-order valence-electron chi connectivity index (χ2n) is 22.3. The van der Waals surface area contributed by atoms with Crippen LogP contribution in [0.5, 0.6) is 0 Å². The molecular weight excluding hydrogens is 1000 g/mol. The number of carbonyl (C=O) groups excluding carboxylic acids is 2. The summed E-state index contributed by atoms with van der Waals surface area (Å²) in [7, 11) is -4.39. The lowest BCUT2D eigenvalue weighted by atomic mass is 10.0. The number of phosphoric ester groups is 1. The zero-order chi connectivity index (χ0) is 57.3. The van der Waals surface area contributed by atoms with Gasteiger partial charge in [0.15, 0.2) is 6.10 Å². The maximum atomic E-state index is 12.8. The molecule has 2 atom stereocenters. The minimum Gasteiger partial charge on any atom is -0.462 e. The highest BCUT2D eigenvalue weighted by molar-refractivity contribution is 7.47. The molecule has 460 valence electrons. The quantitative estimate of drug-likeness (QED) is 0.0264. The molecule has 10 heteroatoms. The van der Waals surface area contributed by atoms with Gasteiger partial charge in [-0.3, -0.25) is 18.6 Å². The van der Waals surface area contributed by atoms with Crippen molar-refractivity contribution in [2.45, 2.75) is 328 Å². The van der Waals surface area contributed by atoms with Crippen LogP contribution in [0.4, 0.5) is 0 Å². The molecule has 0 amide bonds. The van der Waals surface area contributed by atoms with Crippen molar-refractivity contribution in [2.24, 2.45) is 5.73 Å². The molecule has 0 bridgehead atoms. The first-order valence-electron chi connectivity index (χ1n) is 33.4. The van der Waals surface area contributed by atoms with E-state index in [1.165, 1.54) is 218 Å². The predicted octanol–water partition coefficient (Wildman–Crippen LogP) is 21.6. The van der Waals surface area contributed by atoms with E-state index in [1.54, 1.807) is 0 Å². The van der Waals surface area contributed by atoms with Crippen molar-refractivity contribution in [1.82, 2.24) is 0 Å². The van der Waals surface area contributed by atoms with Crippen molar-refractivity contribution in [2.75, 3.05) is 26.4 Å². The summed E-state index contributed by atoms with van der Waals surface area (Å²) < 4.78 is 33.2. The number of esters is 2. The molecule has 0 aromatic heterocycles. The predicted molar refractivity (Wildman–Crippen MR) is 339 cm³/mol. The lowest BCUT2D eigenvalue weighted by molar-refractivity contribution is -0.161. The van der Waals surface area contributed by atoms with Crippen LogP contribution in [0.3, 0.4) is 0 Å². The van der Waals surface area contributed by atoms with Gasteiger partial charge >= 0.3 is 19.8 Å². The molecule has 0 aliphatic heterocycles. The summed E-state index contributed by atoms with van der Waals surface area (Å²) in [6.45, 7) is 3.68. The molecule has 0 spiro atoms. The second kappa shape index (κ2) is 64.6. The largest absolute Gasteiger partial charge is 0.472 e. The molecular formula is C69H126NO8P. The fraction of sp³-hybridized carbons (Fsp3) is 0.797. The Labute approximate surface area is 488 Å². The van der Waals surface area contributed by atoms with Gasteiger partial charge in [-0.1, -0.05) is 299 Å². The van der Waals surface area contributed by atoms with Crippen LogP contribution in [0.25, 0.3) is 0 Å². The SMILES string of the molecule is CC/C=C\C/C=C\C/C=C\C/C=C\C/C=C\CCCCCCCCCCCCCCCCCC(=O)OC(COC(=O)CCCCCCCCCCCCCCCCC/C=C\CCCCCCCCCC)COP(=O)(O)OCCN. The zero-order valence-electron chi connectivity index (χ0n) is 51.6. The molecule has 0 fully saturated rings. The van der Waals surface area contributed by atoms with Crippen LogP contribution >= 0.6 is 7.82 Å². The number of rotatable bonds is 63. The highest BCUT2D eigenvalue weighted by Gasteiger charge is 2.26. The Morgan fingerprint density at radius 1 is 0.392 bits per heavy atom. The van der Waals surface area contributed by atoms with E-state index in [-0.39, 0.29) is 38.6 Å². The van der Waals surface area contributed by atoms with Crippen molar-refractivity contribution in [3.05, 3.63) is 72.9 Å². The lowest BCUT2D eigenvalue weighted by Gasteiger charge is -2.19. The van der Waals surface area contributed by atoms with E-state index in [2.05, 4.69) is 86.8 Å². The summed E-state index contributed by atoms with van der Waals surface area (Å²) in [4.78, 5) is 35.3. The number of hydrogen-bond acceptors (Lipinski definition) is 8. The van der Waals surface area contributed by atoms with Crippen LogP contribution in [-0.2, 0) is 32.7 Å². The number of unbranched alkanes of at least 4 members (excludes halogenated alkanes) is 38. The topological polar surface area (TPSA) is 134 Å². The van der Waals surface area contributed by atoms with E-state index in [4.69, 9.17) is 24.3 Å². The van der Waals surface area contributed by atoms with Crippen molar-refractivity contribution in [1.29, 1.82) is 0 Å². The molecule has 0 radical (unpaired) electrons. The van der Waals surface area contributed by atoms with Crippen molar-refractivity contribution < 1.29 is 37.6 Å². The van der Waals surface area contributed by atoms with Gasteiger partial charge in [-0.15, -0.1) is 0 Å². The van der Waals surface area contributed by atoms with E-state index >= 15 is 0 Å². The van der Waals surface area contributed by atoms with Gasteiger partial charge in [0, 0.05) is 19.4 Å². The molecule has 0 heterocycles. The minimum atomic E-state index is -4.39. The van der Waals surface area contributed by atoms with Gasteiger partial charge in [-0.25, -0.2) is 4.57 Å². The van der Waals surface area contributed by atoms with Crippen LogP contribution < -0.4 is 5.73 Å². The van der Waals surface area contributed by atoms with Crippen molar-refractivity contribution in [3.8, 4) is 0 Å². The highest BCUT2D eigenvalue weighted by atomic mass is 31.2. The molecule has 0 saturated carbocycles. The Kier molecular flexibility index (Phi) is 62.5. The van der Waals surface area contributed by atoms with Crippen molar-refractivity contribution >= 4 is 19.8 Å². The second-order valence-corrected chi connectivity index (χ2v) is 23.8. The average molecular weight is 1130 g/mol. The molecule has 3 N–H and O–H groups in total. The van der Waals surface area contributed by atoms with E-state index in [1.807, 2.05) is 0 Å². The Hall–Kier alpha value is -2.55. The number of carbonyl (C=O) groups is 2. The van der Waals surface area contributed by atoms with Gasteiger partial charge in [0.2, 0.25) is 0 Å². The highest BCUT2D eigenvalue weighted by Crippen LogP contribution is 2.43. The Bertz CT molecular complexity index is 1520. The first-order valence-corrected chi connectivity index (χ1v) is 34.9. The molecule has 0 aromatic carbocycles. The summed E-state index contributed by atoms with van der Waals surface area (Å²) >= 11 is 0. The van der Waals surface area contributed by atoms with Gasteiger partial charge in [0.1, 0.15) is 6.61 Å². The molecule has 2 unspecified atom stereocenters. The number of hydrogen-bond donors (Lipinski definition) is 2. The van der Waals surface area contributed by atoms with E-state index < -0.39 is 26.5 Å². The average Bonchev–Trinajstić information content (AvgIpc) is 3.44. The Morgan fingerprint density at radius 2 is 0.696 bits per heavy atom. The standard InChI is InChI=1S/C69H126NO8P/c1-3-5-7-9-11-13-15-17-19-21-23-25-27-29-31-32-33-34-36-38-40-42-44-46-48-50-52-54-56-58-60-62-69(72)78-67(66-77-79(73,74)76-64-63-70)65-75-68(71)61-59-57-55-53-51-49-47-45-43-41-39-37-35-30-28-26-24-22-20-18-16-14-12-10-8-6-4-2/h5,7,11,13,17,19,22-25,29,31,67H,3-4,6,8-10,12,14-16,18,20-21,26-28,30,32-66,70H2,1-2H3,(H,73,74)/b7-5-,13-11-,19-17-,24-22-,25-23-,31-29-. The maximum Gasteiger partial charge on any atom is 0.472 e. The fourth-order valence-corrected chi connectivity index (χ4v) is 10.4. The lowest BCUT2D eigenvalue weighted by Crippen LogP contribution is -2.29. The number of ether oxygens (including phenoxy) is 2. The summed E-state index contributed by atoms with van der Waals surface area (Å²) in [5.74, 6) is -0.815. The van der Waals surface area contributed by atoms with Gasteiger partial charge in [-0.05, 0) is 83.5 Å². The minimum absolute atomic E-state index is 0.0529. The maximum absolute atomic E-state index is 12.8. The monoisotopic (exact) mass is 1130 g/mol. The first-order chi connectivity index (χ1) is 38.8. The summed E-state index contributed by atoms with van der Waals surface area (Å²) in [6, 6.07) is 0. The van der Waals surface area contributed by atoms with Gasteiger partial charge in [-0.2, -0.15) is 0 Å². The Balaban J connectivity index is 3.88. The van der Waals surface area contributed by atoms with Crippen LogP contribution in [0.15, 0.2) is 72.9 Å². The third-order valence-electron chi connectivity index (χ3n) is 14.6. The third kappa shape index (κ3) is 64.5.